The van der Waals surface area contributed by atoms with E-state index in [4.69, 9.17) is 9.72 Å². The standard InChI is InChI=1S/C23H24N4O3S2.ClH/c1-26(2)12-13-27-22(29)21-20(15-8-4-7-11-18(15)32-21)25-23(27)31-14-19(28)24-16-9-5-6-10-17(16)30-3;/h4-11H,12-14H2,1-3H3,(H,24,28);1H. The molecule has 33 heavy (non-hydrogen) atoms. The molecular formula is C23H25ClN4O3S2. The minimum atomic E-state index is -0.191. The summed E-state index contributed by atoms with van der Waals surface area (Å²) in [6.45, 7) is 1.19. The third kappa shape index (κ3) is 5.50. The van der Waals surface area contributed by atoms with Crippen LogP contribution in [0.2, 0.25) is 0 Å². The Morgan fingerprint density at radius 2 is 1.91 bits per heavy atom. The number of nitrogens with one attached hydrogen (secondary N) is 1. The number of nitrogens with zero attached hydrogens (tertiary/aromatic N) is 3. The molecule has 0 aliphatic heterocycles. The van der Waals surface area contributed by atoms with Crippen molar-refractivity contribution in [3.8, 4) is 5.75 Å². The third-order valence-corrected chi connectivity index (χ3v) is 7.06. The van der Waals surface area contributed by atoms with Crippen molar-refractivity contribution in [2.24, 2.45) is 0 Å². The average molecular weight is 505 g/mol. The van der Waals surface area contributed by atoms with Gasteiger partial charge in [-0.15, -0.1) is 23.7 Å². The molecule has 7 nitrogen and oxygen atoms in total. The number of methoxy groups -OCH3 is 1. The van der Waals surface area contributed by atoms with E-state index in [1.807, 2.05) is 55.4 Å². The van der Waals surface area contributed by atoms with E-state index < -0.39 is 0 Å². The summed E-state index contributed by atoms with van der Waals surface area (Å²) in [7, 11) is 5.49. The first-order valence-electron chi connectivity index (χ1n) is 10.1. The predicted octanol–water partition coefficient (Wildman–Crippen LogP) is 4.33. The number of amides is 1. The lowest BCUT2D eigenvalue weighted by atomic mass is 10.2. The van der Waals surface area contributed by atoms with Crippen molar-refractivity contribution in [2.45, 2.75) is 11.7 Å². The van der Waals surface area contributed by atoms with Gasteiger partial charge in [0.15, 0.2) is 5.16 Å². The molecule has 0 fully saturated rings. The zero-order chi connectivity index (χ0) is 22.7. The molecule has 0 bridgehead atoms. The van der Waals surface area contributed by atoms with Crippen LogP contribution in [0.5, 0.6) is 5.75 Å². The van der Waals surface area contributed by atoms with Crippen LogP contribution in [0.25, 0.3) is 20.3 Å². The fraction of sp³-hybridized carbons (Fsp3) is 0.261. The van der Waals surface area contributed by atoms with Crippen molar-refractivity contribution in [1.82, 2.24) is 14.5 Å². The number of thioether (sulfide) groups is 1. The number of para-hydroxylation sites is 2. The van der Waals surface area contributed by atoms with E-state index in [1.54, 1.807) is 23.8 Å². The molecule has 1 N–H and O–H groups in total. The maximum Gasteiger partial charge on any atom is 0.272 e. The largest absolute Gasteiger partial charge is 0.495 e. The van der Waals surface area contributed by atoms with Gasteiger partial charge in [0.25, 0.3) is 5.56 Å². The Morgan fingerprint density at radius 1 is 1.18 bits per heavy atom. The first kappa shape index (κ1) is 25.0. The molecule has 0 spiro atoms. The maximum absolute atomic E-state index is 13.3. The molecule has 0 radical (unpaired) electrons. The average Bonchev–Trinajstić information content (AvgIpc) is 3.16. The summed E-state index contributed by atoms with van der Waals surface area (Å²) in [5, 5.41) is 4.38. The van der Waals surface area contributed by atoms with Gasteiger partial charge in [0.05, 0.1) is 24.1 Å². The van der Waals surface area contributed by atoms with Crippen LogP contribution in [0.4, 0.5) is 5.69 Å². The Labute approximate surface area is 206 Å². The van der Waals surface area contributed by atoms with Crippen LogP contribution in [-0.4, -0.2) is 53.9 Å². The summed E-state index contributed by atoms with van der Waals surface area (Å²) < 4.78 is 8.65. The normalized spacial score (nSPS) is 11.0. The monoisotopic (exact) mass is 504 g/mol. The Bertz CT molecular complexity index is 1340. The van der Waals surface area contributed by atoms with Gasteiger partial charge in [0.1, 0.15) is 10.4 Å². The molecule has 0 saturated carbocycles. The number of carbonyl (C=O) groups is 1. The highest BCUT2D eigenvalue weighted by molar-refractivity contribution is 7.99. The highest BCUT2D eigenvalue weighted by Gasteiger charge is 2.17. The van der Waals surface area contributed by atoms with Crippen molar-refractivity contribution in [3.63, 3.8) is 0 Å². The Balaban J connectivity index is 0.00000306. The molecule has 0 saturated heterocycles. The van der Waals surface area contributed by atoms with Crippen LogP contribution < -0.4 is 15.6 Å². The molecular weight excluding hydrogens is 480 g/mol. The second-order valence-electron chi connectivity index (χ2n) is 7.47. The fourth-order valence-electron chi connectivity index (χ4n) is 3.32. The van der Waals surface area contributed by atoms with Gasteiger partial charge in [-0.3, -0.25) is 14.2 Å². The summed E-state index contributed by atoms with van der Waals surface area (Å²) in [5.41, 5.74) is 1.24. The highest BCUT2D eigenvalue weighted by Crippen LogP contribution is 2.32. The van der Waals surface area contributed by atoms with Crippen molar-refractivity contribution in [3.05, 3.63) is 58.9 Å². The number of thiophene rings is 1. The van der Waals surface area contributed by atoms with Gasteiger partial charge in [-0.2, -0.15) is 0 Å². The molecule has 0 atom stereocenters. The minimum Gasteiger partial charge on any atom is -0.495 e. The summed E-state index contributed by atoms with van der Waals surface area (Å²) in [4.78, 5) is 32.8. The number of hydrogen-bond donors (Lipinski definition) is 1. The van der Waals surface area contributed by atoms with Gasteiger partial charge in [0, 0.05) is 23.2 Å². The Hall–Kier alpha value is -2.59. The molecule has 174 valence electrons. The van der Waals surface area contributed by atoms with E-state index in [-0.39, 0.29) is 29.6 Å². The fourth-order valence-corrected chi connectivity index (χ4v) is 5.23. The lowest BCUT2D eigenvalue weighted by molar-refractivity contribution is -0.113. The number of aromatic nitrogens is 2. The van der Waals surface area contributed by atoms with E-state index in [0.717, 1.165) is 10.1 Å². The molecule has 4 aromatic rings. The number of anilines is 1. The number of fused-ring (bicyclic) bond motifs is 3. The van der Waals surface area contributed by atoms with Crippen molar-refractivity contribution >= 4 is 67.4 Å². The number of likely N-dealkylation sites (N-methyl/N-ethyl adjacent to an activating group) is 1. The van der Waals surface area contributed by atoms with Gasteiger partial charge in [-0.1, -0.05) is 42.1 Å². The first-order chi connectivity index (χ1) is 15.5. The third-order valence-electron chi connectivity index (χ3n) is 4.93. The zero-order valence-corrected chi connectivity index (χ0v) is 21.0. The second-order valence-corrected chi connectivity index (χ2v) is 9.46. The Kier molecular flexibility index (Phi) is 8.36. The van der Waals surface area contributed by atoms with Crippen molar-refractivity contribution in [1.29, 1.82) is 0 Å². The maximum atomic E-state index is 13.3. The summed E-state index contributed by atoms with van der Waals surface area (Å²) in [6, 6.07) is 15.1. The predicted molar refractivity (Wildman–Crippen MR) is 140 cm³/mol. The van der Waals surface area contributed by atoms with Crippen molar-refractivity contribution in [2.75, 3.05) is 38.8 Å². The highest BCUT2D eigenvalue weighted by atomic mass is 35.5. The molecule has 2 aromatic carbocycles. The van der Waals surface area contributed by atoms with Gasteiger partial charge in [-0.25, -0.2) is 4.98 Å². The summed E-state index contributed by atoms with van der Waals surface area (Å²) >= 11 is 2.73. The molecule has 2 heterocycles. The van der Waals surface area contributed by atoms with E-state index in [1.165, 1.54) is 23.1 Å². The molecule has 0 aliphatic rings. The van der Waals surface area contributed by atoms with Crippen LogP contribution in [0.15, 0.2) is 58.5 Å². The van der Waals surface area contributed by atoms with Crippen LogP contribution in [0.1, 0.15) is 0 Å². The zero-order valence-electron chi connectivity index (χ0n) is 18.5. The summed E-state index contributed by atoms with van der Waals surface area (Å²) in [5.74, 6) is 0.529. The van der Waals surface area contributed by atoms with Crippen LogP contribution in [0, 0.1) is 0 Å². The quantitative estimate of drug-likeness (QED) is 0.284. The van der Waals surface area contributed by atoms with Gasteiger partial charge < -0.3 is 15.0 Å². The number of benzene rings is 2. The van der Waals surface area contributed by atoms with Crippen LogP contribution in [0.3, 0.4) is 0 Å². The van der Waals surface area contributed by atoms with E-state index >= 15 is 0 Å². The number of rotatable bonds is 8. The van der Waals surface area contributed by atoms with Crippen LogP contribution in [-0.2, 0) is 11.3 Å². The lowest BCUT2D eigenvalue weighted by Gasteiger charge is -2.15. The molecule has 4 rings (SSSR count). The lowest BCUT2D eigenvalue weighted by Crippen LogP contribution is -2.28. The number of hydrogen-bond acceptors (Lipinski definition) is 7. The van der Waals surface area contributed by atoms with Crippen molar-refractivity contribution < 1.29 is 9.53 Å². The molecule has 0 aliphatic carbocycles. The first-order valence-corrected chi connectivity index (χ1v) is 11.9. The smallest absolute Gasteiger partial charge is 0.272 e. The minimum absolute atomic E-state index is 0. The molecule has 0 unspecified atom stereocenters. The molecule has 2 aromatic heterocycles. The topological polar surface area (TPSA) is 76.5 Å². The number of halogens is 1. The van der Waals surface area contributed by atoms with Gasteiger partial charge >= 0.3 is 0 Å². The Morgan fingerprint density at radius 3 is 2.67 bits per heavy atom. The van der Waals surface area contributed by atoms with Gasteiger partial charge in [0.2, 0.25) is 5.91 Å². The van der Waals surface area contributed by atoms with E-state index in [2.05, 4.69) is 5.32 Å². The number of ether oxygens (including phenoxy) is 1. The SMILES string of the molecule is COc1ccccc1NC(=O)CSc1nc2c(sc3ccccc32)c(=O)n1CCN(C)C.Cl. The molecule has 1 amide bonds. The second kappa shape index (κ2) is 11.0. The molecule has 10 heteroatoms. The van der Waals surface area contributed by atoms with E-state index in [0.29, 0.717) is 39.9 Å². The number of carbonyl (C=O) groups excluding carboxylic acids is 1. The summed E-state index contributed by atoms with van der Waals surface area (Å²) in [6.07, 6.45) is 0. The van der Waals surface area contributed by atoms with E-state index in [9.17, 15) is 9.59 Å². The van der Waals surface area contributed by atoms with Gasteiger partial charge in [-0.05, 0) is 32.3 Å². The van der Waals surface area contributed by atoms with Crippen LogP contribution >= 0.6 is 35.5 Å².